The molecule has 1 aliphatic carbocycles. The Kier molecular flexibility index (Phi) is 8.99. The van der Waals surface area contributed by atoms with E-state index in [1.807, 2.05) is 92.7 Å². The van der Waals surface area contributed by atoms with Gasteiger partial charge in [0.25, 0.3) is 0 Å². The molecule has 5 rings (SSSR count). The van der Waals surface area contributed by atoms with Crippen LogP contribution < -0.4 is 10.1 Å². The number of carbonyl (C=O) groups excluding carboxylic acids is 2. The van der Waals surface area contributed by atoms with Gasteiger partial charge in [-0.05, 0) is 51.4 Å². The fourth-order valence-corrected chi connectivity index (χ4v) is 5.10. The summed E-state index contributed by atoms with van der Waals surface area (Å²) in [6.07, 6.45) is 0.0661. The Morgan fingerprint density at radius 3 is 1.90 bits per heavy atom. The number of hydrogen-bond acceptors (Lipinski definition) is 5. The lowest BCUT2D eigenvalue weighted by molar-refractivity contribution is -0.148. The predicted octanol–water partition coefficient (Wildman–Crippen LogP) is 7.26. The van der Waals surface area contributed by atoms with Gasteiger partial charge in [0.15, 0.2) is 0 Å². The van der Waals surface area contributed by atoms with Crippen LogP contribution in [0.15, 0.2) is 103 Å². The summed E-state index contributed by atoms with van der Waals surface area (Å²) in [6.45, 7) is 4.63. The molecule has 0 spiro atoms. The highest BCUT2D eigenvalue weighted by molar-refractivity contribution is 5.82. The predicted molar refractivity (Wildman–Crippen MR) is 158 cm³/mol. The zero-order valence-electron chi connectivity index (χ0n) is 23.4. The van der Waals surface area contributed by atoms with Crippen LogP contribution in [0.4, 0.5) is 4.79 Å². The van der Waals surface area contributed by atoms with E-state index >= 15 is 0 Å². The number of esters is 1. The Bertz CT molecular complexity index is 1420. The molecule has 210 valence electrons. The molecular weight excluding hydrogens is 514 g/mol. The van der Waals surface area contributed by atoms with Crippen LogP contribution in [-0.2, 0) is 27.5 Å². The summed E-state index contributed by atoms with van der Waals surface area (Å²) in [4.78, 5) is 25.9. The smallest absolute Gasteiger partial charge is 0.407 e. The molecular formula is C35H35NO5. The number of alkyl carbamates (subject to hydrolysis) is 1. The second kappa shape index (κ2) is 13.2. The van der Waals surface area contributed by atoms with Crippen molar-refractivity contribution < 1.29 is 23.8 Å². The van der Waals surface area contributed by atoms with E-state index in [0.29, 0.717) is 13.0 Å². The van der Waals surface area contributed by atoms with Gasteiger partial charge in [-0.25, -0.2) is 9.59 Å². The maximum Gasteiger partial charge on any atom is 0.407 e. The minimum Gasteiger partial charge on any atom is -0.489 e. The van der Waals surface area contributed by atoms with Gasteiger partial charge in [0.1, 0.15) is 31.6 Å². The summed E-state index contributed by atoms with van der Waals surface area (Å²) >= 11 is 0. The molecule has 1 unspecified atom stereocenters. The van der Waals surface area contributed by atoms with Crippen LogP contribution in [0, 0.1) is 5.92 Å². The van der Waals surface area contributed by atoms with Crippen molar-refractivity contribution in [2.24, 2.45) is 5.92 Å². The Balaban J connectivity index is 1.14. The van der Waals surface area contributed by atoms with Crippen LogP contribution in [0.25, 0.3) is 11.1 Å². The molecule has 1 N–H and O–H groups in total. The summed E-state index contributed by atoms with van der Waals surface area (Å²) in [7, 11) is 0. The van der Waals surface area contributed by atoms with Gasteiger partial charge in [0.2, 0.25) is 0 Å². The van der Waals surface area contributed by atoms with Crippen molar-refractivity contribution in [2.45, 2.75) is 45.4 Å². The number of nitrogens with one attached hydrogen (secondary N) is 1. The fourth-order valence-electron chi connectivity index (χ4n) is 5.10. The normalized spacial score (nSPS) is 13.4. The largest absolute Gasteiger partial charge is 0.489 e. The summed E-state index contributed by atoms with van der Waals surface area (Å²) in [5, 5.41) is 2.76. The monoisotopic (exact) mass is 549 g/mol. The molecule has 0 saturated carbocycles. The second-order valence-electron chi connectivity index (χ2n) is 10.4. The quantitative estimate of drug-likeness (QED) is 0.199. The molecule has 4 aromatic carbocycles. The molecule has 0 aliphatic heterocycles. The van der Waals surface area contributed by atoms with Gasteiger partial charge in [0, 0.05) is 5.92 Å². The van der Waals surface area contributed by atoms with Crippen molar-refractivity contribution in [2.75, 3.05) is 6.61 Å². The van der Waals surface area contributed by atoms with Gasteiger partial charge in [-0.1, -0.05) is 111 Å². The average molecular weight is 550 g/mol. The zero-order valence-corrected chi connectivity index (χ0v) is 23.4. The molecule has 0 bridgehead atoms. The maximum absolute atomic E-state index is 13.1. The Hall–Kier alpha value is -4.58. The molecule has 0 heterocycles. The van der Waals surface area contributed by atoms with E-state index in [9.17, 15) is 9.59 Å². The van der Waals surface area contributed by atoms with E-state index in [2.05, 4.69) is 29.6 Å². The van der Waals surface area contributed by atoms with Crippen LogP contribution >= 0.6 is 0 Å². The molecule has 41 heavy (non-hydrogen) atoms. The van der Waals surface area contributed by atoms with Crippen molar-refractivity contribution >= 4 is 12.1 Å². The van der Waals surface area contributed by atoms with E-state index in [0.717, 1.165) is 39.1 Å². The molecule has 6 heteroatoms. The SMILES string of the molecule is CCC(C)[C@H](NC(=O)OCC1c2ccccc2-c2ccccc21)C(=O)OCc1ccc(COc2ccccc2)cc1. The Morgan fingerprint density at radius 1 is 0.732 bits per heavy atom. The van der Waals surface area contributed by atoms with Crippen LogP contribution in [0.2, 0.25) is 0 Å². The van der Waals surface area contributed by atoms with Crippen LogP contribution in [0.1, 0.15) is 48.4 Å². The van der Waals surface area contributed by atoms with Crippen molar-refractivity contribution in [3.05, 3.63) is 125 Å². The number of amides is 1. The minimum atomic E-state index is -0.811. The average Bonchev–Trinajstić information content (AvgIpc) is 3.34. The summed E-state index contributed by atoms with van der Waals surface area (Å²) in [5.41, 5.74) is 6.46. The first kappa shape index (κ1) is 28.0. The number of ether oxygens (including phenoxy) is 3. The molecule has 0 saturated heterocycles. The number of rotatable bonds is 11. The molecule has 4 aromatic rings. The minimum absolute atomic E-state index is 0.0526. The van der Waals surface area contributed by atoms with E-state index < -0.39 is 18.1 Å². The summed E-state index contributed by atoms with van der Waals surface area (Å²) < 4.78 is 17.1. The van der Waals surface area contributed by atoms with Crippen molar-refractivity contribution in [1.29, 1.82) is 0 Å². The first-order valence-corrected chi connectivity index (χ1v) is 14.1. The first-order valence-electron chi connectivity index (χ1n) is 14.1. The van der Waals surface area contributed by atoms with Crippen LogP contribution in [0.3, 0.4) is 0 Å². The number of fused-ring (bicyclic) bond motifs is 3. The van der Waals surface area contributed by atoms with Gasteiger partial charge < -0.3 is 19.5 Å². The van der Waals surface area contributed by atoms with Gasteiger partial charge in [-0.2, -0.15) is 0 Å². The molecule has 0 radical (unpaired) electrons. The van der Waals surface area contributed by atoms with Gasteiger partial charge in [-0.3, -0.25) is 0 Å². The first-order chi connectivity index (χ1) is 20.0. The number of hydrogen-bond donors (Lipinski definition) is 1. The lowest BCUT2D eigenvalue weighted by atomic mass is 9.98. The van der Waals surface area contributed by atoms with E-state index in [-0.39, 0.29) is 25.0 Å². The highest BCUT2D eigenvalue weighted by Gasteiger charge is 2.31. The van der Waals surface area contributed by atoms with Crippen LogP contribution in [-0.4, -0.2) is 24.7 Å². The third-order valence-electron chi connectivity index (χ3n) is 7.64. The number of benzene rings is 4. The Labute approximate surface area is 241 Å². The van der Waals surface area contributed by atoms with Gasteiger partial charge in [-0.15, -0.1) is 0 Å². The second-order valence-corrected chi connectivity index (χ2v) is 10.4. The fraction of sp³-hybridized carbons (Fsp3) is 0.257. The van der Waals surface area contributed by atoms with Crippen molar-refractivity contribution in [3.8, 4) is 16.9 Å². The summed E-state index contributed by atoms with van der Waals surface area (Å²) in [6, 6.07) is 32.9. The lowest BCUT2D eigenvalue weighted by Gasteiger charge is -2.23. The topological polar surface area (TPSA) is 73.9 Å². The third kappa shape index (κ3) is 6.77. The van der Waals surface area contributed by atoms with Crippen molar-refractivity contribution in [1.82, 2.24) is 5.32 Å². The van der Waals surface area contributed by atoms with E-state index in [4.69, 9.17) is 14.2 Å². The molecule has 0 aromatic heterocycles. The number of para-hydroxylation sites is 1. The highest BCUT2D eigenvalue weighted by Crippen LogP contribution is 2.44. The molecule has 2 atom stereocenters. The standard InChI is InChI=1S/C35H35NO5/c1-3-24(2)33(34(37)40-22-26-19-17-25(18-20-26)21-39-27-11-5-4-6-12-27)36-35(38)41-23-32-30-15-9-7-13-28(30)29-14-8-10-16-31(29)32/h4-20,24,32-33H,3,21-23H2,1-2H3,(H,36,38)/t24?,33-/m0/s1. The van der Waals surface area contributed by atoms with Crippen molar-refractivity contribution in [3.63, 3.8) is 0 Å². The molecule has 0 fully saturated rings. The zero-order chi connectivity index (χ0) is 28.6. The maximum atomic E-state index is 13.1. The lowest BCUT2D eigenvalue weighted by Crippen LogP contribution is -2.46. The van der Waals surface area contributed by atoms with Crippen LogP contribution in [0.5, 0.6) is 5.75 Å². The van der Waals surface area contributed by atoms with Gasteiger partial charge in [0.05, 0.1) is 0 Å². The molecule has 6 nitrogen and oxygen atoms in total. The third-order valence-corrected chi connectivity index (χ3v) is 7.64. The summed E-state index contributed by atoms with van der Waals surface area (Å²) in [5.74, 6) is 0.151. The molecule has 1 amide bonds. The van der Waals surface area contributed by atoms with Gasteiger partial charge >= 0.3 is 12.1 Å². The van der Waals surface area contributed by atoms with E-state index in [1.165, 1.54) is 0 Å². The Morgan fingerprint density at radius 2 is 1.29 bits per heavy atom. The highest BCUT2D eigenvalue weighted by atomic mass is 16.6. The number of carbonyl (C=O) groups is 2. The van der Waals surface area contributed by atoms with E-state index in [1.54, 1.807) is 0 Å². The molecule has 1 aliphatic rings.